The highest BCUT2D eigenvalue weighted by atomic mass is 32.1. The molecule has 1 N–H and O–H groups in total. The van der Waals surface area contributed by atoms with Gasteiger partial charge in [0.25, 0.3) is 5.91 Å². The van der Waals surface area contributed by atoms with Crippen LogP contribution in [0.2, 0.25) is 0 Å². The first-order valence-corrected chi connectivity index (χ1v) is 11.0. The zero-order chi connectivity index (χ0) is 21.8. The molecule has 4 rings (SSSR count). The lowest BCUT2D eigenvalue weighted by molar-refractivity contribution is 0.0950. The van der Waals surface area contributed by atoms with Crippen LogP contribution in [0.1, 0.15) is 26.8 Å². The number of anilines is 1. The molecule has 162 valence electrons. The van der Waals surface area contributed by atoms with E-state index in [0.29, 0.717) is 29.4 Å². The summed E-state index contributed by atoms with van der Waals surface area (Å²) in [4.78, 5) is 16.6. The smallest absolute Gasteiger partial charge is 0.251 e. The van der Waals surface area contributed by atoms with Crippen molar-refractivity contribution in [3.8, 4) is 17.2 Å². The van der Waals surface area contributed by atoms with Crippen molar-refractivity contribution in [2.75, 3.05) is 39.3 Å². The maximum Gasteiger partial charge on any atom is 0.251 e. The van der Waals surface area contributed by atoms with E-state index in [4.69, 9.17) is 14.2 Å². The molecule has 1 aliphatic heterocycles. The molecule has 1 amide bonds. The summed E-state index contributed by atoms with van der Waals surface area (Å²) in [7, 11) is 4.62. The van der Waals surface area contributed by atoms with Gasteiger partial charge in [-0.25, -0.2) is 0 Å². The van der Waals surface area contributed by atoms with E-state index < -0.39 is 0 Å². The van der Waals surface area contributed by atoms with Crippen molar-refractivity contribution in [3.05, 3.63) is 69.9 Å². The monoisotopic (exact) mass is 438 g/mol. The van der Waals surface area contributed by atoms with Crippen LogP contribution >= 0.6 is 11.3 Å². The van der Waals surface area contributed by atoms with Gasteiger partial charge in [0.2, 0.25) is 5.75 Å². The molecule has 6 nitrogen and oxygen atoms in total. The Kier molecular flexibility index (Phi) is 6.32. The number of para-hydroxylation sites is 1. The number of benzene rings is 2. The maximum absolute atomic E-state index is 13.0. The number of methoxy groups -OCH3 is 3. The molecular weight excluding hydrogens is 412 g/mol. The molecule has 0 unspecified atom stereocenters. The van der Waals surface area contributed by atoms with E-state index in [1.165, 1.54) is 30.3 Å². The molecule has 0 fully saturated rings. The van der Waals surface area contributed by atoms with Crippen molar-refractivity contribution in [2.24, 2.45) is 0 Å². The minimum atomic E-state index is -0.187. The predicted molar refractivity (Wildman–Crippen MR) is 123 cm³/mol. The summed E-state index contributed by atoms with van der Waals surface area (Å²) in [5.74, 6) is 1.19. The molecule has 2 aromatic carbocycles. The Bertz CT molecular complexity index is 1030. The van der Waals surface area contributed by atoms with Gasteiger partial charge in [-0.05, 0) is 41.6 Å². The fraction of sp³-hybridized carbons (Fsp3) is 0.292. The number of rotatable bonds is 8. The van der Waals surface area contributed by atoms with Crippen LogP contribution in [-0.2, 0) is 6.42 Å². The second kappa shape index (κ2) is 9.31. The lowest BCUT2D eigenvalue weighted by atomic mass is 10.1. The van der Waals surface area contributed by atoms with E-state index in [9.17, 15) is 4.79 Å². The fourth-order valence-electron chi connectivity index (χ4n) is 4.04. The first-order chi connectivity index (χ1) is 15.2. The highest BCUT2D eigenvalue weighted by Crippen LogP contribution is 2.39. The van der Waals surface area contributed by atoms with Gasteiger partial charge in [0.05, 0.1) is 27.4 Å². The maximum atomic E-state index is 13.0. The number of amides is 1. The molecule has 31 heavy (non-hydrogen) atoms. The van der Waals surface area contributed by atoms with E-state index in [1.54, 1.807) is 30.6 Å². The summed E-state index contributed by atoms with van der Waals surface area (Å²) >= 11 is 1.71. The number of hydrogen-bond donors (Lipinski definition) is 1. The molecule has 0 saturated carbocycles. The zero-order valence-corrected chi connectivity index (χ0v) is 18.7. The van der Waals surface area contributed by atoms with Crippen LogP contribution in [-0.4, -0.2) is 40.3 Å². The number of carbonyl (C=O) groups is 1. The number of nitrogens with one attached hydrogen (secondary N) is 1. The lowest BCUT2D eigenvalue weighted by Gasteiger charge is -2.30. The van der Waals surface area contributed by atoms with E-state index in [0.717, 1.165) is 13.0 Å². The summed E-state index contributed by atoms with van der Waals surface area (Å²) in [5.41, 5.74) is 3.05. The molecular formula is C24H26N2O4S. The summed E-state index contributed by atoms with van der Waals surface area (Å²) in [6, 6.07) is 16.1. The van der Waals surface area contributed by atoms with Crippen molar-refractivity contribution < 1.29 is 19.0 Å². The van der Waals surface area contributed by atoms with Crippen molar-refractivity contribution >= 4 is 22.9 Å². The molecule has 1 aromatic heterocycles. The molecule has 2 heterocycles. The first kappa shape index (κ1) is 21.1. The van der Waals surface area contributed by atoms with Crippen molar-refractivity contribution in [2.45, 2.75) is 12.5 Å². The van der Waals surface area contributed by atoms with Crippen LogP contribution in [0.4, 0.5) is 5.69 Å². The lowest BCUT2D eigenvalue weighted by Crippen LogP contribution is -2.37. The summed E-state index contributed by atoms with van der Waals surface area (Å²) < 4.78 is 16.1. The van der Waals surface area contributed by atoms with Crippen LogP contribution in [0.3, 0.4) is 0 Å². The molecule has 3 aromatic rings. The Balaban J connectivity index is 1.57. The van der Waals surface area contributed by atoms with E-state index >= 15 is 0 Å². The number of nitrogens with zero attached hydrogens (tertiary/aromatic N) is 1. The first-order valence-electron chi connectivity index (χ1n) is 10.1. The van der Waals surface area contributed by atoms with Gasteiger partial charge >= 0.3 is 0 Å². The van der Waals surface area contributed by atoms with Crippen molar-refractivity contribution in [3.63, 3.8) is 0 Å². The van der Waals surface area contributed by atoms with Gasteiger partial charge in [-0.2, -0.15) is 0 Å². The molecule has 0 saturated heterocycles. The van der Waals surface area contributed by atoms with Crippen LogP contribution in [0, 0.1) is 0 Å². The average Bonchev–Trinajstić information content (AvgIpc) is 3.49. The number of ether oxygens (including phenoxy) is 3. The third-order valence-corrected chi connectivity index (χ3v) is 6.53. The van der Waals surface area contributed by atoms with Crippen molar-refractivity contribution in [1.29, 1.82) is 0 Å². The third kappa shape index (κ3) is 4.18. The van der Waals surface area contributed by atoms with E-state index in [-0.39, 0.29) is 11.9 Å². The van der Waals surface area contributed by atoms with Crippen molar-refractivity contribution in [1.82, 2.24) is 5.32 Å². The summed E-state index contributed by atoms with van der Waals surface area (Å²) in [5, 5.41) is 5.18. The second-order valence-corrected chi connectivity index (χ2v) is 8.21. The molecule has 1 atom stereocenters. The van der Waals surface area contributed by atoms with Crippen LogP contribution < -0.4 is 24.4 Å². The van der Waals surface area contributed by atoms with Crippen LogP contribution in [0.5, 0.6) is 17.2 Å². The minimum Gasteiger partial charge on any atom is -0.493 e. The molecule has 1 aliphatic rings. The van der Waals surface area contributed by atoms with Gasteiger partial charge in [0, 0.05) is 29.2 Å². The van der Waals surface area contributed by atoms with E-state index in [1.807, 2.05) is 0 Å². The quantitative estimate of drug-likeness (QED) is 0.568. The number of thiophene rings is 1. The Hall–Kier alpha value is -3.19. The third-order valence-electron chi connectivity index (χ3n) is 5.55. The Morgan fingerprint density at radius 2 is 1.81 bits per heavy atom. The molecule has 0 bridgehead atoms. The average molecular weight is 439 g/mol. The van der Waals surface area contributed by atoms with Gasteiger partial charge in [-0.15, -0.1) is 11.3 Å². The molecule has 0 radical (unpaired) electrons. The topological polar surface area (TPSA) is 60.0 Å². The predicted octanol–water partition coefficient (Wildman–Crippen LogP) is 4.31. The molecule has 0 spiro atoms. The molecule has 7 heteroatoms. The standard InChI is InChI=1S/C24H26N2O4S/c1-28-20-13-17(14-21(29-2)23(20)30-3)24(27)25-15-19(22-9-6-12-31-22)26-11-10-16-7-4-5-8-18(16)26/h4-9,12-14,19H,10-11,15H2,1-3H3,(H,25,27)/t19-/m1/s1. The van der Waals surface area contributed by atoms with Gasteiger partial charge < -0.3 is 24.4 Å². The Morgan fingerprint density at radius 1 is 1.06 bits per heavy atom. The van der Waals surface area contributed by atoms with Crippen LogP contribution in [0.15, 0.2) is 53.9 Å². The largest absolute Gasteiger partial charge is 0.493 e. The fourth-order valence-corrected chi connectivity index (χ4v) is 4.88. The minimum absolute atomic E-state index is 0.0645. The normalized spacial score (nSPS) is 13.5. The molecule has 0 aliphatic carbocycles. The highest BCUT2D eigenvalue weighted by Gasteiger charge is 2.28. The van der Waals surface area contributed by atoms with Crippen LogP contribution in [0.25, 0.3) is 0 Å². The second-order valence-electron chi connectivity index (χ2n) is 7.23. The van der Waals surface area contributed by atoms with Gasteiger partial charge in [-0.1, -0.05) is 24.3 Å². The zero-order valence-electron chi connectivity index (χ0n) is 17.9. The van der Waals surface area contributed by atoms with Gasteiger partial charge in [-0.3, -0.25) is 4.79 Å². The highest BCUT2D eigenvalue weighted by molar-refractivity contribution is 7.10. The summed E-state index contributed by atoms with van der Waals surface area (Å²) in [6.07, 6.45) is 1.01. The Labute approximate surface area is 186 Å². The number of carbonyl (C=O) groups excluding carboxylic acids is 1. The SMILES string of the molecule is COc1cc(C(=O)NC[C@H](c2cccs2)N2CCc3ccccc32)cc(OC)c1OC. The number of hydrogen-bond acceptors (Lipinski definition) is 6. The van der Waals surface area contributed by atoms with Gasteiger partial charge in [0.15, 0.2) is 11.5 Å². The number of fused-ring (bicyclic) bond motifs is 1. The Morgan fingerprint density at radius 3 is 2.45 bits per heavy atom. The van der Waals surface area contributed by atoms with Gasteiger partial charge in [0.1, 0.15) is 0 Å². The summed E-state index contributed by atoms with van der Waals surface area (Å²) in [6.45, 7) is 1.42. The van der Waals surface area contributed by atoms with E-state index in [2.05, 4.69) is 52.0 Å².